The Morgan fingerprint density at radius 1 is 1.29 bits per heavy atom. The molecule has 0 bridgehead atoms. The lowest BCUT2D eigenvalue weighted by Gasteiger charge is -2.39. The van der Waals surface area contributed by atoms with Crippen LogP contribution in [-0.2, 0) is 6.42 Å². The van der Waals surface area contributed by atoms with Crippen LogP contribution in [0.5, 0.6) is 0 Å². The minimum atomic E-state index is 0.181. The molecular formula is C31H43N3. The first kappa shape index (κ1) is 27.4. The number of nitrogens with zero attached hydrogens (tertiary/aromatic N) is 2. The number of allylic oxidation sites excluding steroid dienone is 6. The second-order valence-electron chi connectivity index (χ2n) is 9.68. The van der Waals surface area contributed by atoms with Gasteiger partial charge in [-0.2, -0.15) is 0 Å². The molecule has 4 atom stereocenters. The van der Waals surface area contributed by atoms with Crippen LogP contribution >= 0.6 is 0 Å². The van der Waals surface area contributed by atoms with Gasteiger partial charge >= 0.3 is 0 Å². The third kappa shape index (κ3) is 7.59. The fraction of sp³-hybridized carbons (Fsp3) is 0.484. The first-order valence-electron chi connectivity index (χ1n) is 12.6. The van der Waals surface area contributed by atoms with Crippen molar-refractivity contribution < 1.29 is 0 Å². The normalized spacial score (nSPS) is 20.0. The van der Waals surface area contributed by atoms with Gasteiger partial charge in [-0.15, -0.1) is 12.5 Å². The van der Waals surface area contributed by atoms with Crippen LogP contribution in [-0.4, -0.2) is 16.5 Å². The molecule has 1 heterocycles. The van der Waals surface area contributed by atoms with Gasteiger partial charge in [0.15, 0.2) is 0 Å². The van der Waals surface area contributed by atoms with Crippen LogP contribution in [0.4, 0.5) is 0 Å². The van der Waals surface area contributed by atoms with Gasteiger partial charge in [-0.05, 0) is 75.5 Å². The summed E-state index contributed by atoms with van der Waals surface area (Å²) < 4.78 is 0. The van der Waals surface area contributed by atoms with Crippen molar-refractivity contribution in [3.63, 3.8) is 0 Å². The lowest BCUT2D eigenvalue weighted by atomic mass is 9.66. The van der Waals surface area contributed by atoms with Gasteiger partial charge in [-0.3, -0.25) is 9.97 Å². The standard InChI is InChI=1S/C31H43N3/c1-8-13-27-20-24(5)30(25(6)21-27)29(9-2)26(7)22-31(10-3,16-17-32-11-4)15-12-14-28-23-33-18-19-34-28/h9,11,18-21,23-24,29-30,32H,2,4,7,10,12,14-17,22H2,1,3,5-6H3. The molecule has 2 rings (SSSR count). The van der Waals surface area contributed by atoms with Crippen molar-refractivity contribution in [2.24, 2.45) is 23.2 Å². The van der Waals surface area contributed by atoms with E-state index in [1.54, 1.807) is 18.6 Å². The molecule has 4 unspecified atom stereocenters. The Labute approximate surface area is 208 Å². The van der Waals surface area contributed by atoms with Gasteiger partial charge in [-0.25, -0.2) is 0 Å². The number of nitrogens with one attached hydrogen (secondary N) is 1. The minimum Gasteiger partial charge on any atom is -0.391 e. The van der Waals surface area contributed by atoms with Crippen molar-refractivity contribution >= 4 is 0 Å². The number of aromatic nitrogens is 2. The molecule has 0 spiro atoms. The Morgan fingerprint density at radius 2 is 2.09 bits per heavy atom. The second-order valence-corrected chi connectivity index (χ2v) is 9.68. The average molecular weight is 458 g/mol. The van der Waals surface area contributed by atoms with Gasteiger partial charge in [-0.1, -0.05) is 62.6 Å². The van der Waals surface area contributed by atoms with Gasteiger partial charge in [0.1, 0.15) is 0 Å². The molecule has 1 aliphatic rings. The van der Waals surface area contributed by atoms with E-state index in [9.17, 15) is 0 Å². The lowest BCUT2D eigenvalue weighted by molar-refractivity contribution is 0.211. The first-order valence-corrected chi connectivity index (χ1v) is 12.6. The van der Waals surface area contributed by atoms with Gasteiger partial charge in [0.05, 0.1) is 5.69 Å². The summed E-state index contributed by atoms with van der Waals surface area (Å²) in [5.41, 5.74) is 5.03. The van der Waals surface area contributed by atoms with Gasteiger partial charge in [0, 0.05) is 36.6 Å². The number of hydrogen-bond donors (Lipinski definition) is 1. The van der Waals surface area contributed by atoms with E-state index >= 15 is 0 Å². The maximum Gasteiger partial charge on any atom is 0.0586 e. The first-order chi connectivity index (χ1) is 16.4. The van der Waals surface area contributed by atoms with Crippen molar-refractivity contribution in [3.05, 3.63) is 85.2 Å². The van der Waals surface area contributed by atoms with Crippen LogP contribution < -0.4 is 5.32 Å². The van der Waals surface area contributed by atoms with Crippen molar-refractivity contribution in [1.82, 2.24) is 15.3 Å². The molecule has 0 aromatic carbocycles. The van der Waals surface area contributed by atoms with Crippen LogP contribution in [0.3, 0.4) is 0 Å². The molecule has 182 valence electrons. The largest absolute Gasteiger partial charge is 0.391 e. The SMILES string of the molecule is C=CNCCC(CC)(CCCc1cnccn1)CC(=C)C(C=C)C1C(C)=CC(C#CC)=CC1C. The smallest absolute Gasteiger partial charge is 0.0586 e. The molecule has 3 nitrogen and oxygen atoms in total. The summed E-state index contributed by atoms with van der Waals surface area (Å²) in [6, 6.07) is 0. The van der Waals surface area contributed by atoms with Crippen LogP contribution in [0.15, 0.2) is 79.5 Å². The highest BCUT2D eigenvalue weighted by molar-refractivity contribution is 5.44. The van der Waals surface area contributed by atoms with E-state index in [-0.39, 0.29) is 11.3 Å². The van der Waals surface area contributed by atoms with E-state index < -0.39 is 0 Å². The Balaban J connectivity index is 2.19. The molecule has 0 saturated carbocycles. The molecule has 1 aromatic heterocycles. The number of hydrogen-bond acceptors (Lipinski definition) is 3. The predicted octanol–water partition coefficient (Wildman–Crippen LogP) is 7.23. The fourth-order valence-electron chi connectivity index (χ4n) is 5.51. The summed E-state index contributed by atoms with van der Waals surface area (Å²) in [5, 5.41) is 3.32. The summed E-state index contributed by atoms with van der Waals surface area (Å²) in [7, 11) is 0. The summed E-state index contributed by atoms with van der Waals surface area (Å²) >= 11 is 0. The molecule has 1 aliphatic carbocycles. The van der Waals surface area contributed by atoms with E-state index in [4.69, 9.17) is 0 Å². The predicted molar refractivity (Wildman–Crippen MR) is 146 cm³/mol. The van der Waals surface area contributed by atoms with Gasteiger partial charge < -0.3 is 5.32 Å². The van der Waals surface area contributed by atoms with Crippen molar-refractivity contribution in [1.29, 1.82) is 0 Å². The fourth-order valence-corrected chi connectivity index (χ4v) is 5.51. The summed E-state index contributed by atoms with van der Waals surface area (Å²) in [5.74, 6) is 7.29. The Morgan fingerprint density at radius 3 is 2.68 bits per heavy atom. The van der Waals surface area contributed by atoms with E-state index in [0.717, 1.165) is 56.3 Å². The molecule has 0 radical (unpaired) electrons. The zero-order valence-electron chi connectivity index (χ0n) is 21.7. The topological polar surface area (TPSA) is 37.8 Å². The molecule has 1 aromatic rings. The van der Waals surface area contributed by atoms with E-state index in [2.05, 4.69) is 85.9 Å². The summed E-state index contributed by atoms with van der Waals surface area (Å²) in [6.45, 7) is 22.4. The van der Waals surface area contributed by atoms with Crippen LogP contribution in [0, 0.1) is 35.0 Å². The highest BCUT2D eigenvalue weighted by atomic mass is 14.8. The Kier molecular flexibility index (Phi) is 11.1. The Hall–Kier alpha value is -2.86. The van der Waals surface area contributed by atoms with Crippen LogP contribution in [0.2, 0.25) is 0 Å². The maximum atomic E-state index is 4.64. The molecule has 0 saturated heterocycles. The maximum absolute atomic E-state index is 4.64. The highest BCUT2D eigenvalue weighted by Gasteiger charge is 2.34. The third-order valence-corrected chi connectivity index (χ3v) is 7.35. The van der Waals surface area contributed by atoms with E-state index in [1.807, 2.05) is 13.1 Å². The van der Waals surface area contributed by atoms with Crippen molar-refractivity contribution in [2.45, 2.75) is 66.2 Å². The van der Waals surface area contributed by atoms with Crippen molar-refractivity contribution in [3.8, 4) is 11.8 Å². The second kappa shape index (κ2) is 13.8. The molecule has 3 heteroatoms. The highest BCUT2D eigenvalue weighted by Crippen LogP contribution is 2.45. The monoisotopic (exact) mass is 457 g/mol. The van der Waals surface area contributed by atoms with Gasteiger partial charge in [0.25, 0.3) is 0 Å². The number of aryl methyl sites for hydroxylation is 1. The molecule has 0 fully saturated rings. The summed E-state index contributed by atoms with van der Waals surface area (Å²) in [6.07, 6.45) is 20.2. The van der Waals surface area contributed by atoms with E-state index in [0.29, 0.717) is 11.8 Å². The zero-order valence-corrected chi connectivity index (χ0v) is 21.7. The van der Waals surface area contributed by atoms with Crippen molar-refractivity contribution in [2.75, 3.05) is 6.54 Å². The van der Waals surface area contributed by atoms with E-state index in [1.165, 1.54) is 11.1 Å². The van der Waals surface area contributed by atoms with Crippen LogP contribution in [0.25, 0.3) is 0 Å². The molecule has 34 heavy (non-hydrogen) atoms. The van der Waals surface area contributed by atoms with Crippen LogP contribution in [0.1, 0.15) is 65.5 Å². The Bertz CT molecular complexity index is 944. The van der Waals surface area contributed by atoms with Gasteiger partial charge in [0.2, 0.25) is 0 Å². The zero-order chi connectivity index (χ0) is 25.0. The summed E-state index contributed by atoms with van der Waals surface area (Å²) in [4.78, 5) is 8.68. The lowest BCUT2D eigenvalue weighted by Crippen LogP contribution is -2.30. The number of rotatable bonds is 14. The molecule has 1 N–H and O–H groups in total. The third-order valence-electron chi connectivity index (χ3n) is 7.35. The quantitative estimate of drug-likeness (QED) is 0.182. The minimum absolute atomic E-state index is 0.181. The average Bonchev–Trinajstić information content (AvgIpc) is 2.82. The molecular weight excluding hydrogens is 414 g/mol. The molecule has 0 aliphatic heterocycles. The molecule has 0 amide bonds.